The number of carbonyl (C=O) groups excluding carboxylic acids is 5. The molecule has 43 heavy (non-hydrogen) atoms. The number of aliphatic hydroxyl groups excluding tert-OH is 1. The number of aliphatic carboxylic acids is 1. The lowest BCUT2D eigenvalue weighted by Crippen LogP contribution is -2.85. The van der Waals surface area contributed by atoms with E-state index in [0.717, 1.165) is 6.42 Å². The van der Waals surface area contributed by atoms with E-state index in [1.807, 2.05) is 6.92 Å². The largest absolute Gasteiger partial charge is 0.481 e. The summed E-state index contributed by atoms with van der Waals surface area (Å²) in [5.41, 5.74) is 2.72. The second-order valence-electron chi connectivity index (χ2n) is 13.4. The van der Waals surface area contributed by atoms with Gasteiger partial charge < -0.3 is 42.3 Å². The minimum absolute atomic E-state index is 0.171. The van der Waals surface area contributed by atoms with E-state index in [0.29, 0.717) is 6.42 Å². The summed E-state index contributed by atoms with van der Waals surface area (Å²) in [6.45, 7) is 4.24. The summed E-state index contributed by atoms with van der Waals surface area (Å²) in [6, 6.07) is -4.26. The molecule has 5 aliphatic carbocycles. The zero-order valence-electron chi connectivity index (χ0n) is 24.3. The van der Waals surface area contributed by atoms with Crippen LogP contribution in [0.1, 0.15) is 46.5 Å². The second-order valence-corrected chi connectivity index (χ2v) is 13.4. The van der Waals surface area contributed by atoms with Crippen LogP contribution in [0.4, 0.5) is 4.79 Å². The third-order valence-electron chi connectivity index (χ3n) is 11.9. The fourth-order valence-corrected chi connectivity index (χ4v) is 10.3. The number of nitrogens with zero attached hydrogens (tertiary/aromatic N) is 1. The zero-order chi connectivity index (χ0) is 31.3. The average molecular weight is 605 g/mol. The van der Waals surface area contributed by atoms with Crippen LogP contribution in [0.25, 0.3) is 0 Å². The average Bonchev–Trinajstić information content (AvgIpc) is 3.49. The molecule has 14 unspecified atom stereocenters. The molecule has 7 aliphatic rings. The number of piperidine rings is 2. The van der Waals surface area contributed by atoms with Crippen LogP contribution < -0.4 is 27.0 Å². The fraction of sp³-hybridized carbons (Fsp3) is 0.786. The van der Waals surface area contributed by atoms with Gasteiger partial charge in [-0.1, -0.05) is 20.3 Å². The van der Waals surface area contributed by atoms with E-state index in [1.54, 1.807) is 6.92 Å². The van der Waals surface area contributed by atoms with E-state index in [9.17, 15) is 39.0 Å². The minimum atomic E-state index is -1.43. The summed E-state index contributed by atoms with van der Waals surface area (Å²) < 4.78 is 0. The van der Waals surface area contributed by atoms with E-state index in [4.69, 9.17) is 10.8 Å². The van der Waals surface area contributed by atoms with Crippen LogP contribution in [-0.2, 0) is 24.0 Å². The van der Waals surface area contributed by atoms with Crippen LogP contribution in [0.3, 0.4) is 0 Å². The molecule has 0 spiro atoms. The molecule has 2 heterocycles. The Hall–Kier alpha value is -3.46. The Balaban J connectivity index is 1.16. The van der Waals surface area contributed by atoms with E-state index in [-0.39, 0.29) is 53.8 Å². The van der Waals surface area contributed by atoms with Crippen LogP contribution in [0.5, 0.6) is 0 Å². The maximum absolute atomic E-state index is 13.9. The molecule has 9 N–H and O–H groups in total. The van der Waals surface area contributed by atoms with Crippen LogP contribution in [0.2, 0.25) is 0 Å². The van der Waals surface area contributed by atoms with Crippen LogP contribution >= 0.6 is 0 Å². The summed E-state index contributed by atoms with van der Waals surface area (Å²) in [4.78, 5) is 77.2. The molecular formula is C28H40N6O9. The van der Waals surface area contributed by atoms with Gasteiger partial charge in [-0.25, -0.2) is 4.79 Å². The lowest BCUT2D eigenvalue weighted by atomic mass is 9.50. The fourth-order valence-electron chi connectivity index (χ4n) is 10.3. The molecule has 236 valence electrons. The summed E-state index contributed by atoms with van der Waals surface area (Å²) in [6.07, 6.45) is 0.769. The predicted molar refractivity (Wildman–Crippen MR) is 145 cm³/mol. The first-order chi connectivity index (χ1) is 20.2. The van der Waals surface area contributed by atoms with E-state index in [1.165, 1.54) is 11.8 Å². The highest BCUT2D eigenvalue weighted by atomic mass is 16.4. The number of fused-ring (bicyclic) bond motifs is 1. The molecule has 6 amide bonds. The number of urea groups is 1. The Morgan fingerprint density at radius 3 is 2.28 bits per heavy atom. The molecule has 2 aliphatic heterocycles. The summed E-state index contributed by atoms with van der Waals surface area (Å²) in [7, 11) is 0. The maximum Gasteiger partial charge on any atom is 0.321 e. The molecule has 0 aromatic rings. The molecule has 15 nitrogen and oxygen atoms in total. The van der Waals surface area contributed by atoms with Gasteiger partial charge in [0.1, 0.15) is 36.1 Å². The molecule has 4 bridgehead atoms. The zero-order valence-corrected chi connectivity index (χ0v) is 24.3. The molecule has 15 heteroatoms. The first-order valence-corrected chi connectivity index (χ1v) is 15.1. The summed E-state index contributed by atoms with van der Waals surface area (Å²) in [5, 5.41) is 41.6. The number of primary amides is 1. The monoisotopic (exact) mass is 604 g/mol. The molecule has 0 aromatic heterocycles. The van der Waals surface area contributed by atoms with E-state index < -0.39 is 84.1 Å². The molecule has 7 rings (SSSR count). The van der Waals surface area contributed by atoms with Gasteiger partial charge in [0.2, 0.25) is 17.7 Å². The third kappa shape index (κ3) is 3.66. The van der Waals surface area contributed by atoms with Gasteiger partial charge in [-0.15, -0.1) is 0 Å². The van der Waals surface area contributed by atoms with Crippen molar-refractivity contribution < 1.29 is 44.1 Å². The van der Waals surface area contributed by atoms with Gasteiger partial charge in [-0.2, -0.15) is 0 Å². The smallest absolute Gasteiger partial charge is 0.321 e. The van der Waals surface area contributed by atoms with Crippen LogP contribution in [0.15, 0.2) is 0 Å². The van der Waals surface area contributed by atoms with Gasteiger partial charge in [0, 0.05) is 30.1 Å². The molecule has 5 saturated carbocycles. The maximum atomic E-state index is 13.9. The topological polar surface area (TPSA) is 240 Å². The normalized spacial score (nSPS) is 40.7. The highest BCUT2D eigenvalue weighted by Crippen LogP contribution is 2.89. The number of nitrogens with one attached hydrogen (secondary N) is 4. The van der Waals surface area contributed by atoms with Crippen molar-refractivity contribution >= 4 is 35.6 Å². The number of aliphatic hydroxyl groups is 2. The Kier molecular flexibility index (Phi) is 6.73. The van der Waals surface area contributed by atoms with Crippen molar-refractivity contribution in [1.29, 1.82) is 0 Å². The molecule has 7 fully saturated rings. The Morgan fingerprint density at radius 2 is 1.67 bits per heavy atom. The van der Waals surface area contributed by atoms with Crippen molar-refractivity contribution in [2.45, 2.75) is 75.8 Å². The molecule has 0 radical (unpaired) electrons. The van der Waals surface area contributed by atoms with Gasteiger partial charge in [-0.05, 0) is 49.4 Å². The summed E-state index contributed by atoms with van der Waals surface area (Å²) >= 11 is 0. The molecule has 0 aromatic carbocycles. The van der Waals surface area contributed by atoms with Crippen LogP contribution in [-0.4, -0.2) is 92.0 Å². The van der Waals surface area contributed by atoms with Crippen molar-refractivity contribution in [2.24, 2.45) is 59.0 Å². The van der Waals surface area contributed by atoms with Crippen molar-refractivity contribution in [3.8, 4) is 0 Å². The quantitative estimate of drug-likeness (QED) is 0.105. The van der Waals surface area contributed by atoms with Gasteiger partial charge in [0.15, 0.2) is 0 Å². The summed E-state index contributed by atoms with van der Waals surface area (Å²) in [5.74, 6) is -4.23. The van der Waals surface area contributed by atoms with Gasteiger partial charge in [0.25, 0.3) is 5.91 Å². The van der Waals surface area contributed by atoms with Crippen molar-refractivity contribution in [1.82, 2.24) is 26.2 Å². The van der Waals surface area contributed by atoms with Gasteiger partial charge in [0.05, 0.1) is 0 Å². The van der Waals surface area contributed by atoms with Crippen molar-refractivity contribution in [3.63, 3.8) is 0 Å². The van der Waals surface area contributed by atoms with Gasteiger partial charge >= 0.3 is 12.0 Å². The lowest BCUT2D eigenvalue weighted by Gasteiger charge is -2.65. The number of rotatable bonds is 13. The number of carboxylic acids is 1. The molecule has 2 saturated heterocycles. The van der Waals surface area contributed by atoms with E-state index >= 15 is 0 Å². The minimum Gasteiger partial charge on any atom is -0.481 e. The Morgan fingerprint density at radius 1 is 1.02 bits per heavy atom. The number of carboxylic acid groups (broad SMARTS) is 1. The highest BCUT2D eigenvalue weighted by molar-refractivity contribution is 5.95. The van der Waals surface area contributed by atoms with Crippen molar-refractivity contribution in [3.05, 3.63) is 0 Å². The first kappa shape index (κ1) is 29.6. The standard InChI is InChI=1S/C28H40N6O9/c1-4-9(2)21(24(40)30-10(3)23(39)31-13(22(29)38)5-6-14(36)37)32-26(42)34(8-35)28-18-12-7-11-15-16(12)20(28)19(15)27(43,17(11)18)25(41)33-28/h9-13,15-21,35,43H,4-8H2,1-3H3,(H2,29,38)(H,30,40)(H,31,39)(H,32,42)(H,33,41)(H,36,37). The second kappa shape index (κ2) is 9.78. The van der Waals surface area contributed by atoms with Crippen LogP contribution in [0, 0.1) is 53.3 Å². The highest BCUT2D eigenvalue weighted by Gasteiger charge is 2.96. The molecule has 14 atom stereocenters. The Labute approximate surface area is 247 Å². The number of hydrogen-bond donors (Lipinski definition) is 8. The third-order valence-corrected chi connectivity index (χ3v) is 11.9. The van der Waals surface area contributed by atoms with E-state index in [2.05, 4.69) is 21.3 Å². The SMILES string of the molecule is CCC(C)C(NC(=O)N(CO)C12NC(=O)C3(O)C4C5CC(C6C5C3C61)C42)C(=O)NC(C)C(=O)NC(CCC(=O)O)C(N)=O. The molecular weight excluding hydrogens is 564 g/mol. The number of carbonyl (C=O) groups is 6. The Bertz CT molecular complexity index is 1290. The van der Waals surface area contributed by atoms with Crippen molar-refractivity contribution in [2.75, 3.05) is 6.73 Å². The number of amides is 6. The first-order valence-electron chi connectivity index (χ1n) is 15.1. The number of nitrogens with two attached hydrogens (primary N) is 1. The predicted octanol–water partition coefficient (Wildman–Crippen LogP) is -2.35. The lowest BCUT2D eigenvalue weighted by molar-refractivity contribution is -0.234. The van der Waals surface area contributed by atoms with Gasteiger partial charge in [-0.3, -0.25) is 28.9 Å². The number of hydrogen-bond acceptors (Lipinski definition) is 8.